The Morgan fingerprint density at radius 3 is 2.85 bits per heavy atom. The molecule has 0 saturated carbocycles. The molecule has 2 aromatic heterocycles. The second-order valence-electron chi connectivity index (χ2n) is 9.56. The molecule has 4 rings (SSSR count). The summed E-state index contributed by atoms with van der Waals surface area (Å²) in [5.41, 5.74) is 3.90. The molecule has 3 atom stereocenters. The summed E-state index contributed by atoms with van der Waals surface area (Å²) in [7, 11) is 0. The largest absolute Gasteiger partial charge is 0.491 e. The fraction of sp³-hybridized carbons (Fsp3) is 0.636. The average molecular weight is 357 g/mol. The van der Waals surface area contributed by atoms with E-state index >= 15 is 0 Å². The Morgan fingerprint density at radius 1 is 1.27 bits per heavy atom. The first-order valence-corrected chi connectivity index (χ1v) is 9.93. The van der Waals surface area contributed by atoms with Crippen LogP contribution in [-0.4, -0.2) is 22.2 Å². The van der Waals surface area contributed by atoms with E-state index in [4.69, 9.17) is 9.47 Å². The number of ether oxygens (including phenoxy) is 2. The summed E-state index contributed by atoms with van der Waals surface area (Å²) in [5.74, 6) is 3.05. The molecule has 2 aliphatic rings. The van der Waals surface area contributed by atoms with Gasteiger partial charge in [0.15, 0.2) is 0 Å². The lowest BCUT2D eigenvalue weighted by Crippen LogP contribution is -2.43. The molecule has 0 bridgehead atoms. The fourth-order valence-electron chi connectivity index (χ4n) is 4.23. The van der Waals surface area contributed by atoms with Gasteiger partial charge >= 0.3 is 0 Å². The molecule has 0 aliphatic carbocycles. The van der Waals surface area contributed by atoms with Crippen molar-refractivity contribution in [3.05, 3.63) is 35.4 Å². The molecule has 4 heterocycles. The maximum atomic E-state index is 6.38. The maximum absolute atomic E-state index is 6.38. The van der Waals surface area contributed by atoms with Crippen molar-refractivity contribution in [1.82, 2.24) is 9.97 Å². The third-order valence-electron chi connectivity index (χ3n) is 6.60. The van der Waals surface area contributed by atoms with Gasteiger partial charge in [0.05, 0.1) is 18.0 Å². The Morgan fingerprint density at radius 2 is 2.08 bits per heavy atom. The highest BCUT2D eigenvalue weighted by Gasteiger charge is 2.38. The molecule has 142 valence electrons. The third-order valence-corrected chi connectivity index (χ3v) is 6.60. The second-order valence-corrected chi connectivity index (χ2v) is 9.56. The predicted molar refractivity (Wildman–Crippen MR) is 104 cm³/mol. The summed E-state index contributed by atoms with van der Waals surface area (Å²) in [6, 6.07) is 4.26. The first-order valence-electron chi connectivity index (χ1n) is 9.93. The second kappa shape index (κ2) is 6.11. The van der Waals surface area contributed by atoms with E-state index in [2.05, 4.69) is 50.7 Å². The molecule has 0 aromatic carbocycles. The Labute approximate surface area is 156 Å². The fourth-order valence-corrected chi connectivity index (χ4v) is 4.23. The Hall–Kier alpha value is -1.84. The van der Waals surface area contributed by atoms with Crippen LogP contribution in [0, 0.1) is 17.3 Å². The molecular formula is C22H32N2O2. The highest BCUT2D eigenvalue weighted by molar-refractivity contribution is 5.35. The van der Waals surface area contributed by atoms with Crippen LogP contribution >= 0.6 is 0 Å². The molecule has 4 nitrogen and oxygen atoms in total. The van der Waals surface area contributed by atoms with Gasteiger partial charge in [-0.3, -0.25) is 0 Å². The summed E-state index contributed by atoms with van der Waals surface area (Å²) in [5, 5.41) is 0. The third kappa shape index (κ3) is 3.15. The van der Waals surface area contributed by atoms with Crippen LogP contribution in [0.4, 0.5) is 0 Å². The zero-order chi connectivity index (χ0) is 18.5. The number of fused-ring (bicyclic) bond motifs is 2. The van der Waals surface area contributed by atoms with E-state index in [0.29, 0.717) is 11.8 Å². The first kappa shape index (κ1) is 17.6. The van der Waals surface area contributed by atoms with E-state index < -0.39 is 0 Å². The van der Waals surface area contributed by atoms with Gasteiger partial charge in [-0.25, -0.2) is 0 Å². The van der Waals surface area contributed by atoms with Gasteiger partial charge in [0.1, 0.15) is 17.1 Å². The molecule has 0 spiro atoms. The minimum absolute atomic E-state index is 0.129. The van der Waals surface area contributed by atoms with Crippen molar-refractivity contribution < 1.29 is 9.47 Å². The van der Waals surface area contributed by atoms with Gasteiger partial charge in [0.2, 0.25) is 0 Å². The van der Waals surface area contributed by atoms with Crippen molar-refractivity contribution in [2.45, 2.75) is 65.9 Å². The van der Waals surface area contributed by atoms with Crippen molar-refractivity contribution in [2.75, 3.05) is 6.61 Å². The summed E-state index contributed by atoms with van der Waals surface area (Å²) >= 11 is 0. The topological polar surface area (TPSA) is 50.0 Å². The number of hydrogen-bond acceptors (Lipinski definition) is 2. The number of rotatable bonds is 3. The lowest BCUT2D eigenvalue weighted by molar-refractivity contribution is 0.0125. The summed E-state index contributed by atoms with van der Waals surface area (Å²) in [6.07, 6.45) is 6.13. The molecule has 0 saturated heterocycles. The minimum Gasteiger partial charge on any atom is -0.491 e. The molecule has 2 aliphatic heterocycles. The van der Waals surface area contributed by atoms with Crippen molar-refractivity contribution in [1.29, 1.82) is 0 Å². The molecule has 4 heteroatoms. The molecule has 2 aromatic rings. The standard InChI is InChI=1S/C22H32N2O2/c1-14(22(5)8-6-17-19(26-22)7-9-23-17)10-16-12-20-18(24-16)11-15(13-25-20)21(2,3)4/h7,9,12,14-15,23-24H,6,8,10-11,13H2,1-5H3/t14?,15-,22?/m1/s1. The van der Waals surface area contributed by atoms with E-state index in [1.54, 1.807) is 0 Å². The molecule has 26 heavy (non-hydrogen) atoms. The lowest BCUT2D eigenvalue weighted by Gasteiger charge is -2.39. The zero-order valence-corrected chi connectivity index (χ0v) is 16.7. The predicted octanol–water partition coefficient (Wildman–Crippen LogP) is 4.90. The van der Waals surface area contributed by atoms with Crippen LogP contribution in [0.5, 0.6) is 11.5 Å². The number of hydrogen-bond donors (Lipinski definition) is 2. The minimum atomic E-state index is -0.129. The summed E-state index contributed by atoms with van der Waals surface area (Å²) in [4.78, 5) is 6.94. The van der Waals surface area contributed by atoms with Crippen LogP contribution in [0.2, 0.25) is 0 Å². The number of nitrogens with one attached hydrogen (secondary N) is 2. The van der Waals surface area contributed by atoms with Crippen LogP contribution in [0.25, 0.3) is 0 Å². The van der Waals surface area contributed by atoms with E-state index in [0.717, 1.165) is 43.8 Å². The van der Waals surface area contributed by atoms with Gasteiger partial charge in [-0.1, -0.05) is 27.7 Å². The summed E-state index contributed by atoms with van der Waals surface area (Å²) < 4.78 is 12.4. The Kier molecular flexibility index (Phi) is 4.13. The van der Waals surface area contributed by atoms with Crippen LogP contribution in [0.15, 0.2) is 18.3 Å². The van der Waals surface area contributed by atoms with Crippen LogP contribution in [0.1, 0.15) is 58.1 Å². The first-order chi connectivity index (χ1) is 12.2. The molecule has 2 unspecified atom stereocenters. The Balaban J connectivity index is 1.46. The maximum Gasteiger partial charge on any atom is 0.140 e. The highest BCUT2D eigenvalue weighted by Crippen LogP contribution is 2.40. The molecular weight excluding hydrogens is 324 g/mol. The van der Waals surface area contributed by atoms with Gasteiger partial charge < -0.3 is 19.4 Å². The molecule has 0 radical (unpaired) electrons. The van der Waals surface area contributed by atoms with Crippen molar-refractivity contribution in [3.63, 3.8) is 0 Å². The quantitative estimate of drug-likeness (QED) is 0.821. The zero-order valence-electron chi connectivity index (χ0n) is 16.7. The SMILES string of the molecule is CC(Cc1cc2c([nH]1)C[C@@H](C(C)(C)C)CO2)C1(C)CCc2[nH]ccc2O1. The average Bonchev–Trinajstić information content (AvgIpc) is 3.18. The molecule has 0 amide bonds. The van der Waals surface area contributed by atoms with Gasteiger partial charge in [0.25, 0.3) is 0 Å². The van der Waals surface area contributed by atoms with Gasteiger partial charge in [-0.05, 0) is 44.1 Å². The highest BCUT2D eigenvalue weighted by atomic mass is 16.5. The molecule has 0 fully saturated rings. The molecule has 2 N–H and O–H groups in total. The number of aromatic nitrogens is 2. The van der Waals surface area contributed by atoms with E-state index in [1.165, 1.54) is 17.1 Å². The summed E-state index contributed by atoms with van der Waals surface area (Å²) in [6.45, 7) is 12.3. The van der Waals surface area contributed by atoms with Gasteiger partial charge in [0, 0.05) is 29.8 Å². The van der Waals surface area contributed by atoms with Crippen molar-refractivity contribution in [3.8, 4) is 11.5 Å². The number of aromatic amines is 2. The van der Waals surface area contributed by atoms with Crippen LogP contribution in [-0.2, 0) is 19.3 Å². The van der Waals surface area contributed by atoms with E-state index in [9.17, 15) is 0 Å². The van der Waals surface area contributed by atoms with Crippen molar-refractivity contribution >= 4 is 0 Å². The number of aryl methyl sites for hydroxylation is 1. The van der Waals surface area contributed by atoms with Crippen LogP contribution < -0.4 is 9.47 Å². The van der Waals surface area contributed by atoms with Gasteiger partial charge in [-0.2, -0.15) is 0 Å². The van der Waals surface area contributed by atoms with Crippen molar-refractivity contribution in [2.24, 2.45) is 17.3 Å². The smallest absolute Gasteiger partial charge is 0.140 e. The normalized spacial score (nSPS) is 26.4. The number of H-pyrrole nitrogens is 2. The van der Waals surface area contributed by atoms with E-state index in [1.807, 2.05) is 12.3 Å². The van der Waals surface area contributed by atoms with Crippen LogP contribution in [0.3, 0.4) is 0 Å². The van der Waals surface area contributed by atoms with E-state index in [-0.39, 0.29) is 11.0 Å². The monoisotopic (exact) mass is 356 g/mol. The van der Waals surface area contributed by atoms with Gasteiger partial charge in [-0.15, -0.1) is 0 Å². The lowest BCUT2D eigenvalue weighted by atomic mass is 9.78. The Bertz CT molecular complexity index is 782.